The molecule has 0 unspecified atom stereocenters. The largest absolute Gasteiger partial charge is 0.350 e. The summed E-state index contributed by atoms with van der Waals surface area (Å²) in [4.78, 5) is 2.21. The molecule has 1 aromatic rings. The van der Waals surface area contributed by atoms with Gasteiger partial charge in [0.05, 0.1) is 0 Å². The van der Waals surface area contributed by atoms with Crippen molar-refractivity contribution in [1.82, 2.24) is 4.98 Å². The highest BCUT2D eigenvalue weighted by molar-refractivity contribution is 7.86. The first kappa shape index (κ1) is 6.28. The normalized spacial score (nSPS) is 11.7. The number of aromatic amines is 1. The van der Waals surface area contributed by atoms with E-state index >= 15 is 0 Å². The molecule has 1 N–H and O–H groups in total. The van der Waals surface area contributed by atoms with Gasteiger partial charge in [-0.1, -0.05) is 3.89 Å². The Morgan fingerprint density at radius 2 is 2.22 bits per heavy atom. The molecular weight excluding hydrogens is 145 g/mol. The van der Waals surface area contributed by atoms with E-state index < -0.39 is 15.2 Å². The van der Waals surface area contributed by atoms with Gasteiger partial charge in [-0.15, -0.1) is 0 Å². The zero-order valence-electron chi connectivity index (χ0n) is 4.33. The minimum absolute atomic E-state index is 0.400. The van der Waals surface area contributed by atoms with Crippen molar-refractivity contribution in [3.05, 3.63) is 18.3 Å². The topological polar surface area (TPSA) is 49.9 Å². The molecule has 50 valence electrons. The maximum Gasteiger partial charge on any atom is 0.347 e. The van der Waals surface area contributed by atoms with Gasteiger partial charge in [-0.05, 0) is 12.1 Å². The lowest BCUT2D eigenvalue weighted by Crippen LogP contribution is -1.89. The molecule has 0 fully saturated rings. The van der Waals surface area contributed by atoms with Crippen LogP contribution in [0.15, 0.2) is 23.4 Å². The van der Waals surface area contributed by atoms with Crippen LogP contribution < -0.4 is 0 Å². The number of hydrogen-bond acceptors (Lipinski definition) is 2. The lowest BCUT2D eigenvalue weighted by Gasteiger charge is -1.83. The van der Waals surface area contributed by atoms with Crippen molar-refractivity contribution in [3.8, 4) is 0 Å². The first-order valence-corrected chi connectivity index (χ1v) is 3.57. The standard InChI is InChI=1S/C4H4FNO2S/c5-9(7,8)4-2-1-3-6-4/h1-3,6H. The Morgan fingerprint density at radius 1 is 1.56 bits per heavy atom. The summed E-state index contributed by atoms with van der Waals surface area (Å²) in [6, 6.07) is 2.56. The van der Waals surface area contributed by atoms with Crippen molar-refractivity contribution in [2.75, 3.05) is 0 Å². The van der Waals surface area contributed by atoms with Crippen LogP contribution in [0.4, 0.5) is 3.89 Å². The Bertz CT molecular complexity index is 276. The van der Waals surface area contributed by atoms with E-state index in [2.05, 4.69) is 4.98 Å². The van der Waals surface area contributed by atoms with E-state index in [1.54, 1.807) is 0 Å². The summed E-state index contributed by atoms with van der Waals surface area (Å²) < 4.78 is 31.9. The first-order valence-electron chi connectivity index (χ1n) is 2.19. The molecule has 0 saturated heterocycles. The van der Waals surface area contributed by atoms with E-state index in [9.17, 15) is 12.3 Å². The van der Waals surface area contributed by atoms with Gasteiger partial charge in [-0.25, -0.2) is 0 Å². The Balaban J connectivity index is 3.20. The van der Waals surface area contributed by atoms with Gasteiger partial charge in [-0.3, -0.25) is 0 Å². The minimum Gasteiger partial charge on any atom is -0.350 e. The summed E-state index contributed by atoms with van der Waals surface area (Å²) in [5.41, 5.74) is 0. The molecule has 9 heavy (non-hydrogen) atoms. The zero-order valence-corrected chi connectivity index (χ0v) is 5.15. The molecule has 0 amide bonds. The molecule has 0 aliphatic heterocycles. The summed E-state index contributed by atoms with van der Waals surface area (Å²) >= 11 is 0. The molecule has 0 aliphatic carbocycles. The van der Waals surface area contributed by atoms with Crippen molar-refractivity contribution in [2.24, 2.45) is 0 Å². The Hall–Kier alpha value is -0.840. The number of rotatable bonds is 1. The van der Waals surface area contributed by atoms with E-state index in [4.69, 9.17) is 0 Å². The molecule has 0 aromatic carbocycles. The molecule has 0 saturated carbocycles. The Labute approximate surface area is 51.7 Å². The highest BCUT2D eigenvalue weighted by Crippen LogP contribution is 2.06. The van der Waals surface area contributed by atoms with Crippen LogP contribution in [0, 0.1) is 0 Å². The van der Waals surface area contributed by atoms with Crippen LogP contribution in [0.5, 0.6) is 0 Å². The highest BCUT2D eigenvalue weighted by atomic mass is 32.3. The maximum atomic E-state index is 11.9. The fraction of sp³-hybridized carbons (Fsp3) is 0. The third kappa shape index (κ3) is 1.29. The average Bonchev–Trinajstić information content (AvgIpc) is 2.08. The molecule has 1 aromatic heterocycles. The summed E-state index contributed by atoms with van der Waals surface area (Å²) in [5, 5.41) is -0.400. The monoisotopic (exact) mass is 149 g/mol. The second-order valence-corrected chi connectivity index (χ2v) is 2.79. The van der Waals surface area contributed by atoms with E-state index in [0.717, 1.165) is 6.07 Å². The fourth-order valence-electron chi connectivity index (χ4n) is 0.466. The quantitative estimate of drug-likeness (QED) is 0.596. The number of hydrogen-bond donors (Lipinski definition) is 1. The second-order valence-electron chi connectivity index (χ2n) is 1.47. The van der Waals surface area contributed by atoms with Crippen molar-refractivity contribution < 1.29 is 12.3 Å². The molecule has 5 heteroatoms. The zero-order chi connectivity index (χ0) is 6.91. The van der Waals surface area contributed by atoms with Crippen LogP contribution in [0.2, 0.25) is 0 Å². The van der Waals surface area contributed by atoms with E-state index in [0.29, 0.717) is 0 Å². The third-order valence-corrected chi connectivity index (χ3v) is 1.61. The second kappa shape index (κ2) is 1.84. The summed E-state index contributed by atoms with van der Waals surface area (Å²) in [7, 11) is -4.52. The van der Waals surface area contributed by atoms with Crippen LogP contribution >= 0.6 is 0 Å². The van der Waals surface area contributed by atoms with E-state index in [1.165, 1.54) is 12.3 Å². The fourth-order valence-corrected chi connectivity index (χ4v) is 0.915. The molecular formula is C4H4FNO2S. The van der Waals surface area contributed by atoms with Crippen molar-refractivity contribution in [1.29, 1.82) is 0 Å². The summed E-state index contributed by atoms with van der Waals surface area (Å²) in [6.45, 7) is 0. The summed E-state index contributed by atoms with van der Waals surface area (Å²) in [6.07, 6.45) is 1.34. The predicted molar refractivity (Wildman–Crippen MR) is 29.1 cm³/mol. The van der Waals surface area contributed by atoms with E-state index in [1.807, 2.05) is 0 Å². The van der Waals surface area contributed by atoms with E-state index in [-0.39, 0.29) is 0 Å². The van der Waals surface area contributed by atoms with Gasteiger partial charge in [0.25, 0.3) is 0 Å². The Morgan fingerprint density at radius 3 is 2.44 bits per heavy atom. The summed E-state index contributed by atoms with van der Waals surface area (Å²) in [5.74, 6) is 0. The van der Waals surface area contributed by atoms with Gasteiger partial charge in [-0.2, -0.15) is 8.42 Å². The maximum absolute atomic E-state index is 11.9. The van der Waals surface area contributed by atoms with Gasteiger partial charge in [0, 0.05) is 6.20 Å². The van der Waals surface area contributed by atoms with Crippen molar-refractivity contribution in [3.63, 3.8) is 0 Å². The molecule has 0 radical (unpaired) electrons. The molecule has 0 aliphatic rings. The number of halogens is 1. The smallest absolute Gasteiger partial charge is 0.347 e. The molecule has 0 atom stereocenters. The SMILES string of the molecule is O=S(=O)(F)c1ccc[nH]1. The lowest BCUT2D eigenvalue weighted by atomic mass is 10.7. The van der Waals surface area contributed by atoms with Crippen LogP contribution in [0.3, 0.4) is 0 Å². The van der Waals surface area contributed by atoms with Crippen LogP contribution in [0.1, 0.15) is 0 Å². The predicted octanol–water partition coefficient (Wildman–Crippen LogP) is 0.673. The third-order valence-electron chi connectivity index (χ3n) is 0.832. The molecule has 0 spiro atoms. The lowest BCUT2D eigenvalue weighted by molar-refractivity contribution is 0.548. The van der Waals surface area contributed by atoms with Gasteiger partial charge < -0.3 is 4.98 Å². The number of aromatic nitrogens is 1. The molecule has 1 heterocycles. The molecule has 0 bridgehead atoms. The highest BCUT2D eigenvalue weighted by Gasteiger charge is 2.10. The number of nitrogens with one attached hydrogen (secondary N) is 1. The van der Waals surface area contributed by atoms with Crippen molar-refractivity contribution >= 4 is 10.2 Å². The minimum atomic E-state index is -4.52. The average molecular weight is 149 g/mol. The number of H-pyrrole nitrogens is 1. The van der Waals surface area contributed by atoms with Crippen LogP contribution in [0.25, 0.3) is 0 Å². The Kier molecular flexibility index (Phi) is 1.28. The van der Waals surface area contributed by atoms with Gasteiger partial charge >= 0.3 is 10.2 Å². The molecule has 3 nitrogen and oxygen atoms in total. The van der Waals surface area contributed by atoms with Crippen LogP contribution in [-0.4, -0.2) is 13.4 Å². The van der Waals surface area contributed by atoms with Crippen molar-refractivity contribution in [2.45, 2.75) is 5.03 Å². The van der Waals surface area contributed by atoms with Gasteiger partial charge in [0.15, 0.2) is 5.03 Å². The molecule has 1 rings (SSSR count). The van der Waals surface area contributed by atoms with Crippen LogP contribution in [-0.2, 0) is 10.2 Å². The first-order chi connectivity index (χ1) is 4.11. The van der Waals surface area contributed by atoms with Gasteiger partial charge in [0.2, 0.25) is 0 Å². The van der Waals surface area contributed by atoms with Gasteiger partial charge in [0.1, 0.15) is 0 Å².